The molecule has 1 heterocycles. The normalized spacial score (nSPS) is 16.0. The minimum Gasteiger partial charge on any atom is -0.198 e. The van der Waals surface area contributed by atoms with Crippen LogP contribution in [0.25, 0.3) is 22.0 Å². The summed E-state index contributed by atoms with van der Waals surface area (Å²) in [6.45, 7) is 8.29. The van der Waals surface area contributed by atoms with Crippen LogP contribution >= 0.6 is 0 Å². The van der Waals surface area contributed by atoms with Crippen LogP contribution in [-0.2, 0) is 13.5 Å². The van der Waals surface area contributed by atoms with Crippen molar-refractivity contribution in [2.75, 3.05) is 0 Å². The first-order valence-electron chi connectivity index (χ1n) is 11.3. The molecule has 3 aromatic rings. The summed E-state index contributed by atoms with van der Waals surface area (Å²) >= 11 is 0. The average molecular weight is 361 g/mol. The van der Waals surface area contributed by atoms with Crippen molar-refractivity contribution in [3.05, 3.63) is 64.3 Å². The zero-order valence-corrected chi connectivity index (χ0v) is 17.4. The topological polar surface area (TPSA) is 3.88 Å². The van der Waals surface area contributed by atoms with Gasteiger partial charge in [0.1, 0.15) is 7.05 Å². The predicted octanol–water partition coefficient (Wildman–Crippen LogP) is 6.30. The van der Waals surface area contributed by atoms with Gasteiger partial charge >= 0.3 is 0 Å². The van der Waals surface area contributed by atoms with Gasteiger partial charge in [0.15, 0.2) is 5.69 Å². The molecular formula is C26H32N+. The van der Waals surface area contributed by atoms with Crippen molar-refractivity contribution in [2.24, 2.45) is 13.0 Å². The lowest BCUT2D eigenvalue weighted by Gasteiger charge is -2.14. The molecule has 1 aromatic heterocycles. The van der Waals surface area contributed by atoms with Crippen molar-refractivity contribution in [3.8, 4) is 11.3 Å². The van der Waals surface area contributed by atoms with Crippen molar-refractivity contribution in [1.29, 1.82) is 0 Å². The van der Waals surface area contributed by atoms with Gasteiger partial charge in [-0.15, -0.1) is 0 Å². The molecule has 1 aliphatic carbocycles. The molecule has 0 N–H and O–H groups in total. The van der Waals surface area contributed by atoms with E-state index in [0.29, 0.717) is 12.1 Å². The predicted molar refractivity (Wildman–Crippen MR) is 115 cm³/mol. The molecule has 1 aliphatic rings. The molecule has 1 fully saturated rings. The highest BCUT2D eigenvalue weighted by Crippen LogP contribution is 2.33. The van der Waals surface area contributed by atoms with Crippen molar-refractivity contribution in [1.82, 2.24) is 0 Å². The van der Waals surface area contributed by atoms with Crippen LogP contribution in [0.3, 0.4) is 0 Å². The van der Waals surface area contributed by atoms with Crippen LogP contribution in [0.4, 0.5) is 0 Å². The summed E-state index contributed by atoms with van der Waals surface area (Å²) in [6.07, 6.45) is 6.52. The zero-order valence-electron chi connectivity index (χ0n) is 19.4. The average Bonchev–Trinajstić information content (AvgIpc) is 3.20. The molecule has 1 saturated carbocycles. The van der Waals surface area contributed by atoms with Gasteiger partial charge in [-0.1, -0.05) is 49.4 Å². The number of rotatable bonds is 3. The Kier molecular flexibility index (Phi) is 4.18. The van der Waals surface area contributed by atoms with E-state index in [2.05, 4.69) is 42.7 Å². The minimum atomic E-state index is 0.595. The number of fused-ring (bicyclic) bond motifs is 1. The summed E-state index contributed by atoms with van der Waals surface area (Å²) < 4.78 is 19.7. The molecule has 0 unspecified atom stereocenters. The Morgan fingerprint density at radius 1 is 1.04 bits per heavy atom. The summed E-state index contributed by atoms with van der Waals surface area (Å²) in [5, 5.41) is 2.10. The Bertz CT molecular complexity index is 1080. The number of nitrogens with zero attached hydrogens (tertiary/aromatic N) is 1. The quantitative estimate of drug-likeness (QED) is 0.483. The second-order valence-corrected chi connectivity index (χ2v) is 8.49. The molecule has 0 aliphatic heterocycles. The summed E-state index contributed by atoms with van der Waals surface area (Å²) in [7, 11) is 2.03. The number of hydrogen-bond donors (Lipinski definition) is 0. The van der Waals surface area contributed by atoms with E-state index in [0.717, 1.165) is 51.2 Å². The van der Waals surface area contributed by atoms with Crippen LogP contribution in [0.15, 0.2) is 36.4 Å². The Hall–Kier alpha value is -2.15. The van der Waals surface area contributed by atoms with E-state index in [1.54, 1.807) is 0 Å². The summed E-state index contributed by atoms with van der Waals surface area (Å²) in [5.74, 6) is 0.795. The third kappa shape index (κ3) is 3.40. The second kappa shape index (κ2) is 7.11. The fourth-order valence-electron chi connectivity index (χ4n) is 4.70. The molecule has 0 amide bonds. The molecule has 140 valence electrons. The molecule has 27 heavy (non-hydrogen) atoms. The molecule has 4 rings (SSSR count). The van der Waals surface area contributed by atoms with E-state index in [-0.39, 0.29) is 0 Å². The number of aryl methyl sites for hydroxylation is 2. The van der Waals surface area contributed by atoms with E-state index in [4.69, 9.17) is 2.74 Å². The van der Waals surface area contributed by atoms with Gasteiger partial charge in [-0.2, -0.15) is 4.57 Å². The Morgan fingerprint density at radius 3 is 2.52 bits per heavy atom. The highest BCUT2D eigenvalue weighted by molar-refractivity contribution is 5.94. The molecule has 2 aromatic carbocycles. The van der Waals surface area contributed by atoms with E-state index in [1.807, 2.05) is 20.9 Å². The number of benzene rings is 2. The van der Waals surface area contributed by atoms with Crippen molar-refractivity contribution in [3.63, 3.8) is 0 Å². The first-order valence-corrected chi connectivity index (χ1v) is 10.3. The standard InChI is InChI=1S/C26H32N/c1-17-12-18(2)20(4)25(13-17)26-24-11-10-22(15-21-8-6-7-9-21)16-23(24)14-19(3)27(26)5/h10-14,16,21H,6-9,15H2,1-5H3/q+1/i13D,14D. The Morgan fingerprint density at radius 2 is 1.78 bits per heavy atom. The van der Waals surface area contributed by atoms with Crippen molar-refractivity contribution >= 4 is 10.8 Å². The molecular weight excluding hydrogens is 326 g/mol. The molecule has 0 atom stereocenters. The van der Waals surface area contributed by atoms with Gasteiger partial charge in [0.2, 0.25) is 5.69 Å². The molecule has 0 radical (unpaired) electrons. The smallest absolute Gasteiger partial charge is 0.198 e. The Labute approximate surface area is 166 Å². The van der Waals surface area contributed by atoms with E-state index < -0.39 is 0 Å². The lowest BCUT2D eigenvalue weighted by atomic mass is 9.92. The van der Waals surface area contributed by atoms with Crippen LogP contribution in [0, 0.1) is 33.6 Å². The number of pyridine rings is 1. The lowest BCUT2D eigenvalue weighted by Crippen LogP contribution is -2.35. The fraction of sp³-hybridized carbons (Fsp3) is 0.423. The van der Waals surface area contributed by atoms with E-state index >= 15 is 0 Å². The van der Waals surface area contributed by atoms with Crippen LogP contribution in [0.1, 0.15) is 56.4 Å². The van der Waals surface area contributed by atoms with Gasteiger partial charge in [0, 0.05) is 13.0 Å². The highest BCUT2D eigenvalue weighted by atomic mass is 14.9. The van der Waals surface area contributed by atoms with Gasteiger partial charge in [-0.25, -0.2) is 0 Å². The number of hydrogen-bond acceptors (Lipinski definition) is 0. The van der Waals surface area contributed by atoms with Crippen molar-refractivity contribution < 1.29 is 7.31 Å². The van der Waals surface area contributed by atoms with Crippen molar-refractivity contribution in [2.45, 2.75) is 59.8 Å². The highest BCUT2D eigenvalue weighted by Gasteiger charge is 2.21. The monoisotopic (exact) mass is 360 g/mol. The summed E-state index contributed by atoms with van der Waals surface area (Å²) in [5.41, 5.74) is 7.74. The third-order valence-corrected chi connectivity index (χ3v) is 6.45. The largest absolute Gasteiger partial charge is 0.220 e. The van der Waals surface area contributed by atoms with Crippen LogP contribution in [0.5, 0.6) is 0 Å². The summed E-state index contributed by atoms with van der Waals surface area (Å²) in [4.78, 5) is 0. The van der Waals surface area contributed by atoms with E-state index in [1.165, 1.54) is 36.8 Å². The maximum absolute atomic E-state index is 8.80. The zero-order chi connectivity index (χ0) is 20.9. The fourth-order valence-corrected chi connectivity index (χ4v) is 4.70. The van der Waals surface area contributed by atoms with Gasteiger partial charge < -0.3 is 0 Å². The maximum Gasteiger partial charge on any atom is 0.220 e. The number of aromatic nitrogens is 1. The van der Waals surface area contributed by atoms with Gasteiger partial charge in [-0.05, 0) is 67.3 Å². The van der Waals surface area contributed by atoms with Crippen LogP contribution in [-0.4, -0.2) is 0 Å². The van der Waals surface area contributed by atoms with E-state index in [9.17, 15) is 0 Å². The van der Waals surface area contributed by atoms with Crippen LogP contribution in [0.2, 0.25) is 0 Å². The van der Waals surface area contributed by atoms with Gasteiger partial charge in [0.25, 0.3) is 0 Å². The van der Waals surface area contributed by atoms with Crippen LogP contribution < -0.4 is 4.57 Å². The molecule has 1 heteroatoms. The van der Waals surface area contributed by atoms with Gasteiger partial charge in [0.05, 0.1) is 13.7 Å². The summed E-state index contributed by atoms with van der Waals surface area (Å²) in [6, 6.07) is 10.00. The first-order chi connectivity index (χ1) is 13.8. The Balaban J connectivity index is 1.98. The first kappa shape index (κ1) is 15.9. The second-order valence-electron chi connectivity index (χ2n) is 8.49. The lowest BCUT2D eigenvalue weighted by molar-refractivity contribution is -0.665. The SMILES string of the molecule is [2H]c1c(C)cc(C)c(C)c1-c1c2ccc(CC3CCCC3)cc2c([2H])c(C)[n+]1C. The molecule has 1 nitrogen and oxygen atoms in total. The molecule has 0 spiro atoms. The minimum absolute atomic E-state index is 0.595. The van der Waals surface area contributed by atoms with Gasteiger partial charge in [-0.3, -0.25) is 0 Å². The molecule has 0 bridgehead atoms. The third-order valence-electron chi connectivity index (χ3n) is 6.45. The maximum atomic E-state index is 8.80. The molecule has 0 saturated heterocycles.